The molecule has 1 heterocycles. The molecule has 84 valence electrons. The van der Waals surface area contributed by atoms with Gasteiger partial charge in [0.05, 0.1) is 0 Å². The Morgan fingerprint density at radius 1 is 0.933 bits per heavy atom. The van der Waals surface area contributed by atoms with Crippen LogP contribution in [0.3, 0.4) is 0 Å². The number of carbonyl (C=O) groups excluding carboxylic acids is 3. The van der Waals surface area contributed by atoms with E-state index in [1.165, 1.54) is 0 Å². The van der Waals surface area contributed by atoms with Gasteiger partial charge in [0.15, 0.2) is 0 Å². The van der Waals surface area contributed by atoms with E-state index in [1.807, 2.05) is 13.8 Å². The monoisotopic (exact) mass is 212 g/mol. The second kappa shape index (κ2) is 4.91. The van der Waals surface area contributed by atoms with Gasteiger partial charge in [0.1, 0.15) is 6.42 Å². The summed E-state index contributed by atoms with van der Waals surface area (Å²) in [5.74, 6) is -0.751. The van der Waals surface area contributed by atoms with Crippen molar-refractivity contribution >= 4 is 17.8 Å². The molecule has 0 aromatic carbocycles. The molecular weight excluding hydrogens is 196 g/mol. The Balaban J connectivity index is 2.79. The maximum atomic E-state index is 11.7. The van der Waals surface area contributed by atoms with E-state index in [9.17, 15) is 14.4 Å². The first kappa shape index (κ1) is 11.7. The highest BCUT2D eigenvalue weighted by Crippen LogP contribution is 2.12. The number of amides is 4. The number of nitrogens with zero attached hydrogens (tertiary/aromatic N) is 2. The number of rotatable bonds is 4. The largest absolute Gasteiger partial charge is 0.333 e. The molecule has 1 saturated heterocycles. The van der Waals surface area contributed by atoms with Crippen molar-refractivity contribution in [2.75, 3.05) is 13.1 Å². The molecule has 0 aromatic rings. The summed E-state index contributed by atoms with van der Waals surface area (Å²) >= 11 is 0. The lowest BCUT2D eigenvalue weighted by Crippen LogP contribution is -2.55. The minimum Gasteiger partial charge on any atom is -0.274 e. The Kier molecular flexibility index (Phi) is 3.82. The van der Waals surface area contributed by atoms with Gasteiger partial charge < -0.3 is 0 Å². The molecule has 5 heteroatoms. The van der Waals surface area contributed by atoms with E-state index in [0.717, 1.165) is 9.80 Å². The molecule has 0 unspecified atom stereocenters. The fraction of sp³-hybridized carbons (Fsp3) is 0.700. The van der Waals surface area contributed by atoms with Crippen LogP contribution in [0.2, 0.25) is 0 Å². The van der Waals surface area contributed by atoms with Gasteiger partial charge in [-0.1, -0.05) is 13.8 Å². The van der Waals surface area contributed by atoms with Crippen molar-refractivity contribution in [3.05, 3.63) is 0 Å². The summed E-state index contributed by atoms with van der Waals surface area (Å²) in [7, 11) is 0. The average Bonchev–Trinajstić information content (AvgIpc) is 2.19. The van der Waals surface area contributed by atoms with Crippen LogP contribution in [-0.2, 0) is 9.59 Å². The van der Waals surface area contributed by atoms with Crippen LogP contribution < -0.4 is 0 Å². The van der Waals surface area contributed by atoms with Crippen LogP contribution >= 0.6 is 0 Å². The molecule has 0 spiro atoms. The van der Waals surface area contributed by atoms with E-state index in [4.69, 9.17) is 0 Å². The highest BCUT2D eigenvalue weighted by atomic mass is 16.2. The summed E-state index contributed by atoms with van der Waals surface area (Å²) < 4.78 is 0. The highest BCUT2D eigenvalue weighted by molar-refractivity contribution is 6.14. The molecule has 1 fully saturated rings. The summed E-state index contributed by atoms with van der Waals surface area (Å²) in [5, 5.41) is 0. The molecule has 4 amide bonds. The van der Waals surface area contributed by atoms with Gasteiger partial charge in [0.25, 0.3) is 0 Å². The molecule has 15 heavy (non-hydrogen) atoms. The van der Waals surface area contributed by atoms with Gasteiger partial charge in [-0.25, -0.2) is 4.79 Å². The Labute approximate surface area is 89.0 Å². The van der Waals surface area contributed by atoms with Crippen molar-refractivity contribution in [2.24, 2.45) is 0 Å². The topological polar surface area (TPSA) is 57.7 Å². The predicted octanol–water partition coefficient (Wildman–Crippen LogP) is 0.987. The van der Waals surface area contributed by atoms with Crippen LogP contribution in [0.15, 0.2) is 0 Å². The first-order valence-electron chi connectivity index (χ1n) is 5.26. The maximum Gasteiger partial charge on any atom is 0.333 e. The molecule has 0 saturated carbocycles. The van der Waals surface area contributed by atoms with Crippen molar-refractivity contribution < 1.29 is 14.4 Å². The highest BCUT2D eigenvalue weighted by Gasteiger charge is 2.36. The third-order valence-electron chi connectivity index (χ3n) is 2.26. The van der Waals surface area contributed by atoms with E-state index < -0.39 is 6.03 Å². The molecule has 1 rings (SSSR count). The minimum absolute atomic E-state index is 0.175. The lowest BCUT2D eigenvalue weighted by molar-refractivity contribution is -0.142. The molecule has 1 aliphatic rings. The van der Waals surface area contributed by atoms with Crippen LogP contribution in [0, 0.1) is 0 Å². The smallest absolute Gasteiger partial charge is 0.274 e. The normalized spacial score (nSPS) is 17.6. The van der Waals surface area contributed by atoms with Crippen LogP contribution in [0.5, 0.6) is 0 Å². The molecule has 5 nitrogen and oxygen atoms in total. The first-order chi connectivity index (χ1) is 7.11. The Morgan fingerprint density at radius 2 is 1.33 bits per heavy atom. The van der Waals surface area contributed by atoms with Crippen LogP contribution in [0.4, 0.5) is 4.79 Å². The van der Waals surface area contributed by atoms with Gasteiger partial charge in [-0.2, -0.15) is 0 Å². The lowest BCUT2D eigenvalue weighted by Gasteiger charge is -2.32. The first-order valence-corrected chi connectivity index (χ1v) is 5.26. The van der Waals surface area contributed by atoms with E-state index in [2.05, 4.69) is 0 Å². The fourth-order valence-electron chi connectivity index (χ4n) is 1.57. The molecule has 0 atom stereocenters. The molecule has 0 aromatic heterocycles. The van der Waals surface area contributed by atoms with Crippen molar-refractivity contribution in [1.29, 1.82) is 0 Å². The van der Waals surface area contributed by atoms with E-state index in [1.54, 1.807) is 0 Å². The Bertz CT molecular complexity index is 262. The van der Waals surface area contributed by atoms with E-state index in [0.29, 0.717) is 25.9 Å². The summed E-state index contributed by atoms with van der Waals surface area (Å²) in [5.41, 5.74) is 0. The zero-order valence-corrected chi connectivity index (χ0v) is 9.15. The molecular formula is C10H16N2O3. The van der Waals surface area contributed by atoms with Gasteiger partial charge in [-0.15, -0.1) is 0 Å². The number of barbiturate groups is 1. The van der Waals surface area contributed by atoms with Gasteiger partial charge in [-0.05, 0) is 12.8 Å². The molecule has 0 aliphatic carbocycles. The van der Waals surface area contributed by atoms with Gasteiger partial charge in [-0.3, -0.25) is 19.4 Å². The number of imide groups is 2. The predicted molar refractivity (Wildman–Crippen MR) is 54.0 cm³/mol. The van der Waals surface area contributed by atoms with E-state index >= 15 is 0 Å². The maximum absolute atomic E-state index is 11.7. The summed E-state index contributed by atoms with van der Waals surface area (Å²) in [6, 6.07) is -0.458. The summed E-state index contributed by atoms with van der Waals surface area (Å²) in [4.78, 5) is 36.9. The summed E-state index contributed by atoms with van der Waals surface area (Å²) in [6.45, 7) is 4.57. The number of hydrogen-bond acceptors (Lipinski definition) is 3. The van der Waals surface area contributed by atoms with Gasteiger partial charge in [0, 0.05) is 13.1 Å². The SMILES string of the molecule is CCCN1C(=O)CC(=O)N(CCC)C1=O. The number of hydrogen-bond donors (Lipinski definition) is 0. The molecule has 0 bridgehead atoms. The Hall–Kier alpha value is -1.39. The third kappa shape index (κ3) is 2.34. The van der Waals surface area contributed by atoms with Crippen LogP contribution in [-0.4, -0.2) is 40.7 Å². The van der Waals surface area contributed by atoms with Crippen molar-refractivity contribution in [2.45, 2.75) is 33.1 Å². The molecule has 0 radical (unpaired) electrons. The Morgan fingerprint density at radius 3 is 1.67 bits per heavy atom. The quantitative estimate of drug-likeness (QED) is 0.653. The lowest BCUT2D eigenvalue weighted by atomic mass is 10.2. The second-order valence-corrected chi connectivity index (χ2v) is 3.55. The number of urea groups is 1. The van der Waals surface area contributed by atoms with Gasteiger partial charge in [0.2, 0.25) is 11.8 Å². The van der Waals surface area contributed by atoms with Crippen molar-refractivity contribution in [3.8, 4) is 0 Å². The van der Waals surface area contributed by atoms with Crippen LogP contribution in [0.25, 0.3) is 0 Å². The average molecular weight is 212 g/mol. The molecule has 1 aliphatic heterocycles. The van der Waals surface area contributed by atoms with Crippen molar-refractivity contribution in [1.82, 2.24) is 9.80 Å². The third-order valence-corrected chi connectivity index (χ3v) is 2.26. The zero-order chi connectivity index (χ0) is 11.4. The van der Waals surface area contributed by atoms with Crippen LogP contribution in [0.1, 0.15) is 33.1 Å². The fourth-order valence-corrected chi connectivity index (χ4v) is 1.57. The minimum atomic E-state index is -0.458. The zero-order valence-electron chi connectivity index (χ0n) is 9.15. The van der Waals surface area contributed by atoms with Crippen molar-refractivity contribution in [3.63, 3.8) is 0 Å². The number of carbonyl (C=O) groups is 3. The standard InChI is InChI=1S/C10H16N2O3/c1-3-5-11-8(13)7-9(14)12(6-4-2)10(11)15/h3-7H2,1-2H3. The van der Waals surface area contributed by atoms with Gasteiger partial charge >= 0.3 is 6.03 Å². The summed E-state index contributed by atoms with van der Waals surface area (Å²) in [6.07, 6.45) is 1.25. The van der Waals surface area contributed by atoms with E-state index in [-0.39, 0.29) is 18.2 Å². The second-order valence-electron chi connectivity index (χ2n) is 3.55. The molecule has 0 N–H and O–H groups in total.